The van der Waals surface area contributed by atoms with Crippen molar-refractivity contribution in [2.24, 2.45) is 5.10 Å². The Morgan fingerprint density at radius 3 is 2.95 bits per heavy atom. The van der Waals surface area contributed by atoms with Crippen LogP contribution in [0.15, 0.2) is 27.8 Å². The van der Waals surface area contributed by atoms with E-state index in [9.17, 15) is 9.90 Å². The van der Waals surface area contributed by atoms with Crippen LogP contribution in [0.1, 0.15) is 5.56 Å². The van der Waals surface area contributed by atoms with Crippen LogP contribution < -0.4 is 5.43 Å². The van der Waals surface area contributed by atoms with Crippen LogP contribution in [0.4, 0.5) is 0 Å². The summed E-state index contributed by atoms with van der Waals surface area (Å²) in [5.41, 5.74) is 3.26. The maximum Gasteiger partial charge on any atom is 0.254 e. The number of morpholine rings is 1. The van der Waals surface area contributed by atoms with Gasteiger partial charge in [-0.05, 0) is 39.7 Å². The molecule has 0 radical (unpaired) electrons. The second-order valence-corrected chi connectivity index (χ2v) is 5.25. The lowest BCUT2D eigenvalue weighted by molar-refractivity contribution is -0.123. The fourth-order valence-electron chi connectivity index (χ4n) is 1.78. The molecular weight excluding hydrogens is 326 g/mol. The summed E-state index contributed by atoms with van der Waals surface area (Å²) in [6.45, 7) is 3.18. The van der Waals surface area contributed by atoms with Gasteiger partial charge < -0.3 is 9.84 Å². The molecule has 1 aromatic rings. The fraction of sp³-hybridized carbons (Fsp3) is 0.385. The molecule has 1 aromatic carbocycles. The number of nitrogens with one attached hydrogen (secondary N) is 1. The van der Waals surface area contributed by atoms with Gasteiger partial charge in [0.1, 0.15) is 5.75 Å². The quantitative estimate of drug-likeness (QED) is 0.631. The van der Waals surface area contributed by atoms with E-state index in [-0.39, 0.29) is 11.7 Å². The largest absolute Gasteiger partial charge is 0.507 e. The van der Waals surface area contributed by atoms with E-state index < -0.39 is 0 Å². The van der Waals surface area contributed by atoms with Gasteiger partial charge in [-0.3, -0.25) is 9.69 Å². The number of halogens is 1. The topological polar surface area (TPSA) is 74.2 Å². The Kier molecular flexibility index (Phi) is 5.51. The molecule has 1 amide bonds. The van der Waals surface area contributed by atoms with Crippen molar-refractivity contribution in [3.63, 3.8) is 0 Å². The molecule has 6 nitrogen and oxygen atoms in total. The van der Waals surface area contributed by atoms with Crippen LogP contribution in [0.25, 0.3) is 0 Å². The standard InChI is InChI=1S/C13H16BrN3O3/c14-11-7-10(1-2-12(11)18)8-15-16-13(19)9-17-3-5-20-6-4-17/h1-2,7-8,18H,3-6,9H2,(H,16,19)/b15-8-. The van der Waals surface area contributed by atoms with E-state index in [2.05, 4.69) is 26.5 Å². The minimum Gasteiger partial charge on any atom is -0.507 e. The van der Waals surface area contributed by atoms with E-state index in [1.54, 1.807) is 18.2 Å². The Bertz CT molecular complexity index is 502. The molecule has 1 aliphatic heterocycles. The lowest BCUT2D eigenvalue weighted by Gasteiger charge is -2.25. The number of nitrogens with zero attached hydrogens (tertiary/aromatic N) is 2. The molecule has 1 aliphatic rings. The molecule has 0 spiro atoms. The van der Waals surface area contributed by atoms with Gasteiger partial charge in [-0.1, -0.05) is 0 Å². The van der Waals surface area contributed by atoms with Crippen LogP contribution in [0.2, 0.25) is 0 Å². The summed E-state index contributed by atoms with van der Waals surface area (Å²) in [5, 5.41) is 13.3. The summed E-state index contributed by atoms with van der Waals surface area (Å²) in [6.07, 6.45) is 1.53. The fourth-order valence-corrected chi connectivity index (χ4v) is 2.18. The van der Waals surface area contributed by atoms with Crippen molar-refractivity contribution in [1.82, 2.24) is 10.3 Å². The highest BCUT2D eigenvalue weighted by Crippen LogP contribution is 2.23. The Morgan fingerprint density at radius 1 is 1.50 bits per heavy atom. The summed E-state index contributed by atoms with van der Waals surface area (Å²) in [5.74, 6) is 0.0134. The predicted octanol–water partition coefficient (Wildman–Crippen LogP) is 0.937. The highest BCUT2D eigenvalue weighted by atomic mass is 79.9. The number of ether oxygens (including phenoxy) is 1. The Morgan fingerprint density at radius 2 is 2.25 bits per heavy atom. The first-order chi connectivity index (χ1) is 9.65. The second-order valence-electron chi connectivity index (χ2n) is 4.39. The predicted molar refractivity (Wildman–Crippen MR) is 78.8 cm³/mol. The molecule has 108 valence electrons. The molecule has 7 heteroatoms. The molecule has 2 rings (SSSR count). The number of hydrogen-bond donors (Lipinski definition) is 2. The van der Waals surface area contributed by atoms with Gasteiger partial charge in [0.15, 0.2) is 0 Å². The molecule has 1 saturated heterocycles. The third-order valence-electron chi connectivity index (χ3n) is 2.85. The van der Waals surface area contributed by atoms with Crippen LogP contribution in [-0.4, -0.2) is 55.0 Å². The van der Waals surface area contributed by atoms with Crippen molar-refractivity contribution >= 4 is 28.1 Å². The number of amides is 1. The molecule has 1 fully saturated rings. The molecule has 0 aliphatic carbocycles. The highest BCUT2D eigenvalue weighted by Gasteiger charge is 2.13. The lowest BCUT2D eigenvalue weighted by atomic mass is 10.2. The number of carbonyl (C=O) groups excluding carboxylic acids is 1. The number of rotatable bonds is 4. The Labute approximate surface area is 125 Å². The van der Waals surface area contributed by atoms with Crippen LogP contribution in [0, 0.1) is 0 Å². The van der Waals surface area contributed by atoms with Gasteiger partial charge in [-0.15, -0.1) is 0 Å². The molecule has 0 bridgehead atoms. The summed E-state index contributed by atoms with van der Waals surface area (Å²) >= 11 is 3.22. The Hall–Kier alpha value is -1.44. The van der Waals surface area contributed by atoms with Crippen molar-refractivity contribution in [3.05, 3.63) is 28.2 Å². The summed E-state index contributed by atoms with van der Waals surface area (Å²) in [6, 6.07) is 4.98. The highest BCUT2D eigenvalue weighted by molar-refractivity contribution is 9.10. The zero-order valence-electron chi connectivity index (χ0n) is 10.9. The van der Waals surface area contributed by atoms with E-state index in [0.29, 0.717) is 24.2 Å². The van der Waals surface area contributed by atoms with E-state index >= 15 is 0 Å². The molecule has 0 aromatic heterocycles. The molecule has 0 atom stereocenters. The van der Waals surface area contributed by atoms with Crippen molar-refractivity contribution in [2.45, 2.75) is 0 Å². The first-order valence-electron chi connectivity index (χ1n) is 6.25. The number of hydrogen-bond acceptors (Lipinski definition) is 5. The van der Waals surface area contributed by atoms with Crippen molar-refractivity contribution in [2.75, 3.05) is 32.8 Å². The monoisotopic (exact) mass is 341 g/mol. The van der Waals surface area contributed by atoms with Crippen molar-refractivity contribution < 1.29 is 14.6 Å². The number of carbonyl (C=O) groups is 1. The first-order valence-corrected chi connectivity index (χ1v) is 7.05. The van der Waals surface area contributed by atoms with Crippen LogP contribution in [-0.2, 0) is 9.53 Å². The average molecular weight is 342 g/mol. The number of benzene rings is 1. The third kappa shape index (κ3) is 4.59. The SMILES string of the molecule is O=C(CN1CCOCC1)N/N=C\c1ccc(O)c(Br)c1. The van der Waals surface area contributed by atoms with Gasteiger partial charge in [0.25, 0.3) is 5.91 Å². The zero-order valence-corrected chi connectivity index (χ0v) is 12.5. The van der Waals surface area contributed by atoms with Gasteiger partial charge in [-0.2, -0.15) is 5.10 Å². The normalized spacial score (nSPS) is 16.4. The average Bonchev–Trinajstić information content (AvgIpc) is 2.44. The molecule has 20 heavy (non-hydrogen) atoms. The molecule has 0 saturated carbocycles. The van der Waals surface area contributed by atoms with Gasteiger partial charge in [0.2, 0.25) is 0 Å². The summed E-state index contributed by atoms with van der Waals surface area (Å²) in [4.78, 5) is 13.7. The van der Waals surface area contributed by atoms with E-state index in [0.717, 1.165) is 18.7 Å². The van der Waals surface area contributed by atoms with Gasteiger partial charge in [0.05, 0.1) is 30.4 Å². The van der Waals surface area contributed by atoms with E-state index in [1.165, 1.54) is 6.21 Å². The molecule has 0 unspecified atom stereocenters. The lowest BCUT2D eigenvalue weighted by Crippen LogP contribution is -2.42. The zero-order chi connectivity index (χ0) is 14.4. The smallest absolute Gasteiger partial charge is 0.254 e. The first kappa shape index (κ1) is 15.0. The van der Waals surface area contributed by atoms with Crippen LogP contribution in [0.5, 0.6) is 5.75 Å². The Balaban J connectivity index is 1.79. The number of hydrazone groups is 1. The molecular formula is C13H16BrN3O3. The molecule has 2 N–H and O–H groups in total. The summed E-state index contributed by atoms with van der Waals surface area (Å²) in [7, 11) is 0. The minimum atomic E-state index is -0.152. The van der Waals surface area contributed by atoms with E-state index in [4.69, 9.17) is 4.74 Å². The van der Waals surface area contributed by atoms with Crippen LogP contribution in [0.3, 0.4) is 0 Å². The molecule has 1 heterocycles. The number of phenols is 1. The minimum absolute atomic E-state index is 0.152. The maximum absolute atomic E-state index is 11.7. The van der Waals surface area contributed by atoms with E-state index in [1.807, 2.05) is 4.90 Å². The number of phenolic OH excluding ortho intramolecular Hbond substituents is 1. The van der Waals surface area contributed by atoms with Crippen molar-refractivity contribution in [3.8, 4) is 5.75 Å². The maximum atomic E-state index is 11.7. The van der Waals surface area contributed by atoms with Gasteiger partial charge in [0, 0.05) is 13.1 Å². The second kappa shape index (κ2) is 7.37. The third-order valence-corrected chi connectivity index (χ3v) is 3.48. The van der Waals surface area contributed by atoms with Gasteiger partial charge >= 0.3 is 0 Å². The van der Waals surface area contributed by atoms with Crippen molar-refractivity contribution in [1.29, 1.82) is 0 Å². The number of aromatic hydroxyl groups is 1. The summed E-state index contributed by atoms with van der Waals surface area (Å²) < 4.78 is 5.80. The van der Waals surface area contributed by atoms with Gasteiger partial charge in [-0.25, -0.2) is 5.43 Å². The van der Waals surface area contributed by atoms with Crippen LogP contribution >= 0.6 is 15.9 Å².